The maximum atomic E-state index is 12.0. The highest BCUT2D eigenvalue weighted by molar-refractivity contribution is 7.99. The van der Waals surface area contributed by atoms with Crippen molar-refractivity contribution < 1.29 is 4.79 Å². The van der Waals surface area contributed by atoms with Crippen LogP contribution in [0.1, 0.15) is 5.56 Å². The van der Waals surface area contributed by atoms with Gasteiger partial charge in [-0.15, -0.1) is 24.2 Å². The number of nitrogens with one attached hydrogen (secondary N) is 2. The molecule has 7 heteroatoms. The Morgan fingerprint density at radius 2 is 2.04 bits per heavy atom. The first-order chi connectivity index (χ1) is 11.8. The average molecular weight is 375 g/mol. The minimum Gasteiger partial charge on any atom is -0.351 e. The number of carbonyl (C=O) groups excluding carboxylic acids is 1. The molecule has 0 aliphatic carbocycles. The Kier molecular flexibility index (Phi) is 5.63. The molecule has 1 aromatic heterocycles. The van der Waals surface area contributed by atoms with Crippen LogP contribution in [0.3, 0.4) is 0 Å². The molecule has 0 saturated carbocycles. The summed E-state index contributed by atoms with van der Waals surface area (Å²) in [6.07, 6.45) is 1.84. The topological polar surface area (TPSA) is 59.0 Å². The summed E-state index contributed by atoms with van der Waals surface area (Å²) in [5, 5.41) is 6.17. The van der Waals surface area contributed by atoms with Crippen LogP contribution in [0.5, 0.6) is 0 Å². The molecule has 0 spiro atoms. The lowest BCUT2D eigenvalue weighted by atomic mass is 10.2. The van der Waals surface area contributed by atoms with E-state index < -0.39 is 0 Å². The van der Waals surface area contributed by atoms with Gasteiger partial charge >= 0.3 is 0 Å². The number of nitrogens with zero attached hydrogens (tertiary/aromatic N) is 2. The molecule has 5 nitrogen and oxygen atoms in total. The van der Waals surface area contributed by atoms with Crippen LogP contribution in [-0.4, -0.2) is 33.1 Å². The minimum atomic E-state index is -0.0633. The van der Waals surface area contributed by atoms with Gasteiger partial charge in [-0.25, -0.2) is 4.98 Å². The van der Waals surface area contributed by atoms with E-state index >= 15 is 0 Å². The van der Waals surface area contributed by atoms with Crippen molar-refractivity contribution in [3.05, 3.63) is 60.4 Å². The van der Waals surface area contributed by atoms with Gasteiger partial charge in [0, 0.05) is 23.9 Å². The third-order valence-electron chi connectivity index (χ3n) is 4.17. The molecule has 4 rings (SSSR count). The number of aromatic nitrogens is 2. The van der Waals surface area contributed by atoms with Gasteiger partial charge < -0.3 is 5.32 Å². The van der Waals surface area contributed by atoms with Crippen LogP contribution in [0.15, 0.2) is 54.9 Å². The van der Waals surface area contributed by atoms with Crippen molar-refractivity contribution in [3.63, 3.8) is 0 Å². The van der Waals surface area contributed by atoms with Crippen molar-refractivity contribution in [1.29, 1.82) is 0 Å². The van der Waals surface area contributed by atoms with Gasteiger partial charge in [-0.2, -0.15) is 0 Å². The molecular formula is C18H19ClN4OS. The molecule has 1 atom stereocenters. The van der Waals surface area contributed by atoms with Gasteiger partial charge in [0.05, 0.1) is 17.1 Å². The van der Waals surface area contributed by atoms with Gasteiger partial charge in [0.2, 0.25) is 5.91 Å². The van der Waals surface area contributed by atoms with Crippen LogP contribution in [0, 0.1) is 0 Å². The number of amides is 1. The van der Waals surface area contributed by atoms with E-state index in [2.05, 4.69) is 38.4 Å². The van der Waals surface area contributed by atoms with E-state index in [0.29, 0.717) is 6.54 Å². The predicted molar refractivity (Wildman–Crippen MR) is 104 cm³/mol. The first-order valence-electron chi connectivity index (χ1n) is 7.91. The molecule has 3 aromatic rings. The van der Waals surface area contributed by atoms with Crippen molar-refractivity contribution in [1.82, 2.24) is 20.2 Å². The molecule has 1 amide bonds. The van der Waals surface area contributed by atoms with Crippen molar-refractivity contribution in [2.45, 2.75) is 12.6 Å². The Morgan fingerprint density at radius 1 is 1.24 bits per heavy atom. The van der Waals surface area contributed by atoms with Crippen LogP contribution in [0.2, 0.25) is 0 Å². The van der Waals surface area contributed by atoms with Crippen LogP contribution in [-0.2, 0) is 11.3 Å². The normalized spacial score (nSPS) is 16.6. The smallest absolute Gasteiger partial charge is 0.238 e. The fraction of sp³-hybridized carbons (Fsp3) is 0.222. The van der Waals surface area contributed by atoms with Crippen LogP contribution in [0.25, 0.3) is 16.7 Å². The lowest BCUT2D eigenvalue weighted by molar-refractivity contribution is -0.122. The maximum Gasteiger partial charge on any atom is 0.238 e. The number of benzene rings is 2. The summed E-state index contributed by atoms with van der Waals surface area (Å²) < 4.78 is 2.07. The molecule has 0 radical (unpaired) electrons. The zero-order chi connectivity index (χ0) is 16.4. The Labute approximate surface area is 156 Å². The standard InChI is InChI=1S/C18H18N4OS.ClH/c23-18(16-10-24-12-21-16)19-9-13-5-7-14(8-6-13)22-11-20-15-3-1-2-4-17(15)22;/h1-8,11,16,21H,9-10,12H2,(H,19,23);1H. The number of fused-ring (bicyclic) bond motifs is 1. The Balaban J connectivity index is 0.00000182. The van der Waals surface area contributed by atoms with Crippen LogP contribution < -0.4 is 10.6 Å². The lowest BCUT2D eigenvalue weighted by Crippen LogP contribution is -2.41. The van der Waals surface area contributed by atoms with E-state index in [4.69, 9.17) is 0 Å². The molecule has 0 bridgehead atoms. The third kappa shape index (κ3) is 3.81. The number of hydrogen-bond acceptors (Lipinski definition) is 4. The van der Waals surface area contributed by atoms with Gasteiger partial charge in [0.1, 0.15) is 6.33 Å². The molecular weight excluding hydrogens is 356 g/mol. The molecule has 2 N–H and O–H groups in total. The first kappa shape index (κ1) is 17.8. The molecule has 2 heterocycles. The summed E-state index contributed by atoms with van der Waals surface area (Å²) in [7, 11) is 0. The fourth-order valence-electron chi connectivity index (χ4n) is 2.82. The number of imidazole rings is 1. The SMILES string of the molecule is Cl.O=C(NCc1ccc(-n2cnc3ccccc32)cc1)C1CSCN1. The van der Waals surface area contributed by atoms with Gasteiger partial charge in [-0.05, 0) is 29.8 Å². The second-order valence-electron chi connectivity index (χ2n) is 5.76. The minimum absolute atomic E-state index is 0. The van der Waals surface area contributed by atoms with Crippen LogP contribution >= 0.6 is 24.2 Å². The molecule has 1 unspecified atom stereocenters. The number of para-hydroxylation sites is 2. The largest absolute Gasteiger partial charge is 0.351 e. The van der Waals surface area contributed by atoms with Crippen molar-refractivity contribution in [2.75, 3.05) is 11.6 Å². The molecule has 1 fully saturated rings. The summed E-state index contributed by atoms with van der Waals surface area (Å²) in [6.45, 7) is 0.548. The summed E-state index contributed by atoms with van der Waals surface area (Å²) >= 11 is 1.75. The number of halogens is 1. The lowest BCUT2D eigenvalue weighted by Gasteiger charge is -2.11. The van der Waals surface area contributed by atoms with Gasteiger partial charge in [0.15, 0.2) is 0 Å². The zero-order valence-electron chi connectivity index (χ0n) is 13.5. The molecule has 1 saturated heterocycles. The quantitative estimate of drug-likeness (QED) is 0.737. The Morgan fingerprint density at radius 3 is 2.80 bits per heavy atom. The molecule has 1 aliphatic heterocycles. The highest BCUT2D eigenvalue weighted by Crippen LogP contribution is 2.18. The number of thioether (sulfide) groups is 1. The van der Waals surface area contributed by atoms with Crippen molar-refractivity contribution in [2.24, 2.45) is 0 Å². The van der Waals surface area contributed by atoms with Gasteiger partial charge in [0.25, 0.3) is 0 Å². The summed E-state index contributed by atoms with van der Waals surface area (Å²) in [6, 6.07) is 16.2. The monoisotopic (exact) mass is 374 g/mol. The number of carbonyl (C=O) groups is 1. The Hall–Kier alpha value is -2.02. The van der Waals surface area contributed by atoms with E-state index in [9.17, 15) is 4.79 Å². The molecule has 130 valence electrons. The third-order valence-corrected chi connectivity index (χ3v) is 5.11. The molecule has 25 heavy (non-hydrogen) atoms. The molecule has 2 aromatic carbocycles. The van der Waals surface area contributed by atoms with E-state index in [1.54, 1.807) is 11.8 Å². The van der Waals surface area contributed by atoms with Gasteiger partial charge in [-0.3, -0.25) is 14.7 Å². The van der Waals surface area contributed by atoms with Crippen molar-refractivity contribution in [3.8, 4) is 5.69 Å². The second-order valence-corrected chi connectivity index (χ2v) is 6.79. The van der Waals surface area contributed by atoms with Crippen LogP contribution in [0.4, 0.5) is 0 Å². The van der Waals surface area contributed by atoms with Crippen molar-refractivity contribution >= 4 is 41.1 Å². The highest BCUT2D eigenvalue weighted by Gasteiger charge is 2.21. The average Bonchev–Trinajstić information content (AvgIpc) is 3.30. The summed E-state index contributed by atoms with van der Waals surface area (Å²) in [4.78, 5) is 16.4. The zero-order valence-corrected chi connectivity index (χ0v) is 15.1. The maximum absolute atomic E-state index is 12.0. The fourth-order valence-corrected chi connectivity index (χ4v) is 3.76. The summed E-state index contributed by atoms with van der Waals surface area (Å²) in [5.74, 6) is 1.77. The number of rotatable bonds is 4. The van der Waals surface area contributed by atoms with Gasteiger partial charge in [-0.1, -0.05) is 24.3 Å². The predicted octanol–water partition coefficient (Wildman–Crippen LogP) is 2.73. The molecule has 1 aliphatic rings. The van der Waals surface area contributed by atoms with E-state index in [-0.39, 0.29) is 24.4 Å². The van der Waals surface area contributed by atoms with E-state index in [1.807, 2.05) is 36.7 Å². The number of hydrogen-bond donors (Lipinski definition) is 2. The first-order valence-corrected chi connectivity index (χ1v) is 9.07. The highest BCUT2D eigenvalue weighted by atomic mass is 35.5. The van der Waals surface area contributed by atoms with E-state index in [1.165, 1.54) is 0 Å². The Bertz CT molecular complexity index is 859. The summed E-state index contributed by atoms with van der Waals surface area (Å²) in [5.41, 5.74) is 4.22. The van der Waals surface area contributed by atoms with E-state index in [0.717, 1.165) is 33.9 Å². The second kappa shape index (κ2) is 7.91.